The summed E-state index contributed by atoms with van der Waals surface area (Å²) in [6, 6.07) is 1.66. The molecule has 1 atom stereocenters. The van der Waals surface area contributed by atoms with Crippen LogP contribution in [0.25, 0.3) is 0 Å². The summed E-state index contributed by atoms with van der Waals surface area (Å²) in [6.07, 6.45) is 3.25. The van der Waals surface area contributed by atoms with E-state index in [0.717, 1.165) is 4.47 Å². The Bertz CT molecular complexity index is 498. The highest BCUT2D eigenvalue weighted by Crippen LogP contribution is 2.14. The average Bonchev–Trinajstić information content (AvgIpc) is 2.45. The van der Waals surface area contributed by atoms with E-state index in [1.807, 2.05) is 0 Å². The number of amides is 1. The Morgan fingerprint density at radius 3 is 2.67 bits per heavy atom. The van der Waals surface area contributed by atoms with Gasteiger partial charge in [0.15, 0.2) is 0 Å². The molecule has 0 aromatic carbocycles. The molecule has 0 saturated carbocycles. The van der Waals surface area contributed by atoms with Crippen LogP contribution in [-0.2, 0) is 16.8 Å². The van der Waals surface area contributed by atoms with Crippen molar-refractivity contribution in [3.63, 3.8) is 0 Å². The van der Waals surface area contributed by atoms with Crippen LogP contribution in [-0.4, -0.2) is 26.7 Å². The van der Waals surface area contributed by atoms with Crippen molar-refractivity contribution >= 4 is 31.6 Å². The van der Waals surface area contributed by atoms with Crippen molar-refractivity contribution in [2.45, 2.75) is 6.92 Å². The fourth-order valence-corrected chi connectivity index (χ4v) is 2.12. The average molecular weight is 293 g/mol. The highest BCUT2D eigenvalue weighted by Gasteiger charge is 2.11. The lowest BCUT2D eigenvalue weighted by Gasteiger charge is -2.00. The minimum atomic E-state index is -2.38. The van der Waals surface area contributed by atoms with Crippen molar-refractivity contribution < 1.29 is 9.00 Å². The van der Waals surface area contributed by atoms with Crippen molar-refractivity contribution in [2.75, 3.05) is 12.0 Å². The van der Waals surface area contributed by atoms with Crippen LogP contribution >= 0.6 is 15.9 Å². The van der Waals surface area contributed by atoms with Crippen molar-refractivity contribution in [2.24, 2.45) is 11.4 Å². The van der Waals surface area contributed by atoms with Crippen LogP contribution in [0.5, 0.6) is 0 Å². The van der Waals surface area contributed by atoms with E-state index in [1.54, 1.807) is 30.8 Å². The predicted molar refractivity (Wildman–Crippen MR) is 64.5 cm³/mol. The van der Waals surface area contributed by atoms with Crippen LogP contribution in [0.3, 0.4) is 0 Å². The van der Waals surface area contributed by atoms with E-state index < -0.39 is 15.6 Å². The van der Waals surface area contributed by atoms with Gasteiger partial charge in [-0.3, -0.25) is 4.79 Å². The van der Waals surface area contributed by atoms with Gasteiger partial charge in [-0.15, -0.1) is 0 Å². The summed E-state index contributed by atoms with van der Waals surface area (Å²) in [5, 5.41) is 0. The van der Waals surface area contributed by atoms with Gasteiger partial charge in [0.25, 0.3) is 0 Å². The number of hydrogen-bond acceptors (Lipinski definition) is 2. The third-order valence-corrected chi connectivity index (χ3v) is 4.06. The second-order valence-corrected chi connectivity index (χ2v) is 6.89. The number of aryl methyl sites for hydroxylation is 1. The summed E-state index contributed by atoms with van der Waals surface area (Å²) in [7, 11) is -0.631. The van der Waals surface area contributed by atoms with Crippen LogP contribution in [0.15, 0.2) is 21.1 Å². The molecule has 0 aliphatic rings. The molecule has 1 aromatic rings. The van der Waals surface area contributed by atoms with E-state index in [4.69, 9.17) is 0 Å². The third-order valence-electron chi connectivity index (χ3n) is 2.00. The van der Waals surface area contributed by atoms with Gasteiger partial charge in [-0.1, -0.05) is 6.92 Å². The van der Waals surface area contributed by atoms with Gasteiger partial charge in [0.05, 0.1) is 9.73 Å². The molecule has 84 valence electrons. The van der Waals surface area contributed by atoms with E-state index in [9.17, 15) is 9.00 Å². The van der Waals surface area contributed by atoms with Crippen LogP contribution < -0.4 is 0 Å². The number of rotatable bonds is 2. The molecule has 0 bridgehead atoms. The molecular weight excluding hydrogens is 280 g/mol. The maximum atomic E-state index is 11.7. The number of carbonyl (C=O) groups excluding carboxylic acids is 1. The molecule has 0 saturated heterocycles. The summed E-state index contributed by atoms with van der Waals surface area (Å²) < 4.78 is 17.8. The van der Waals surface area contributed by atoms with E-state index >= 15 is 0 Å². The molecule has 0 radical (unpaired) electrons. The molecule has 1 aromatic heterocycles. The molecule has 1 amide bonds. The van der Waals surface area contributed by atoms with Crippen LogP contribution in [0.1, 0.15) is 17.4 Å². The quantitative estimate of drug-likeness (QED) is 0.838. The Balaban J connectivity index is 3.12. The van der Waals surface area contributed by atoms with E-state index in [1.165, 1.54) is 6.26 Å². The second-order valence-electron chi connectivity index (χ2n) is 3.30. The van der Waals surface area contributed by atoms with Gasteiger partial charge in [-0.05, 0) is 22.0 Å². The summed E-state index contributed by atoms with van der Waals surface area (Å²) >= 11 is 3.26. The number of halogens is 1. The number of hydrogen-bond donors (Lipinski definition) is 0. The van der Waals surface area contributed by atoms with Crippen molar-refractivity contribution in [1.29, 1.82) is 0 Å². The predicted octanol–water partition coefficient (Wildman–Crippen LogP) is 2.05. The lowest BCUT2D eigenvalue weighted by molar-refractivity contribution is 0.0997. The first kappa shape index (κ1) is 12.4. The highest BCUT2D eigenvalue weighted by molar-refractivity contribution is 9.10. The smallest absolute Gasteiger partial charge is 0.301 e. The first-order valence-electron chi connectivity index (χ1n) is 4.42. The first-order valence-corrected chi connectivity index (χ1v) is 7.30. The number of aromatic nitrogens is 1. The minimum Gasteiger partial charge on any atom is -0.345 e. The Kier molecular flexibility index (Phi) is 3.72. The Hall–Kier alpha value is -0.620. The van der Waals surface area contributed by atoms with Gasteiger partial charge < -0.3 is 4.57 Å². The number of carbonyl (C=O) groups is 1. The molecule has 0 N–H and O–H groups in total. The van der Waals surface area contributed by atoms with Crippen LogP contribution in [0.2, 0.25) is 0 Å². The maximum absolute atomic E-state index is 11.7. The van der Waals surface area contributed by atoms with Gasteiger partial charge in [0, 0.05) is 29.7 Å². The summed E-state index contributed by atoms with van der Waals surface area (Å²) in [5.74, 6) is -0.0535. The lowest BCUT2D eigenvalue weighted by atomic mass is 10.4. The SMILES string of the molecule is CCS(C)(=O)=NC(=O)c1cc(Br)cn1C. The fraction of sp³-hybridized carbons (Fsp3) is 0.444. The largest absolute Gasteiger partial charge is 0.345 e. The topological polar surface area (TPSA) is 51.4 Å². The van der Waals surface area contributed by atoms with Gasteiger partial charge in [0.2, 0.25) is 0 Å². The Morgan fingerprint density at radius 1 is 1.67 bits per heavy atom. The molecule has 1 unspecified atom stereocenters. The molecule has 6 heteroatoms. The summed E-state index contributed by atoms with van der Waals surface area (Å²) in [6.45, 7) is 1.75. The lowest BCUT2D eigenvalue weighted by Crippen LogP contribution is -2.08. The molecule has 1 rings (SSSR count). The molecule has 0 fully saturated rings. The monoisotopic (exact) mass is 292 g/mol. The normalized spacial score (nSPS) is 14.7. The van der Waals surface area contributed by atoms with E-state index in [-0.39, 0.29) is 0 Å². The van der Waals surface area contributed by atoms with Crippen LogP contribution in [0.4, 0.5) is 0 Å². The zero-order valence-electron chi connectivity index (χ0n) is 8.86. The number of nitrogens with zero attached hydrogens (tertiary/aromatic N) is 2. The van der Waals surface area contributed by atoms with Gasteiger partial charge in [0.1, 0.15) is 5.69 Å². The van der Waals surface area contributed by atoms with Crippen molar-refractivity contribution in [3.05, 3.63) is 22.4 Å². The molecule has 0 spiro atoms. The van der Waals surface area contributed by atoms with E-state index in [0.29, 0.717) is 11.4 Å². The molecule has 1 heterocycles. The highest BCUT2D eigenvalue weighted by atomic mass is 79.9. The van der Waals surface area contributed by atoms with Gasteiger partial charge in [-0.2, -0.15) is 4.36 Å². The molecule has 4 nitrogen and oxygen atoms in total. The van der Waals surface area contributed by atoms with Crippen molar-refractivity contribution in [1.82, 2.24) is 4.57 Å². The van der Waals surface area contributed by atoms with Gasteiger partial charge in [-0.25, -0.2) is 4.21 Å². The molecule has 0 aliphatic carbocycles. The first-order chi connectivity index (χ1) is 6.85. The molecule has 0 aliphatic heterocycles. The van der Waals surface area contributed by atoms with Crippen LogP contribution in [0, 0.1) is 0 Å². The summed E-state index contributed by atoms with van der Waals surface area (Å²) in [5.41, 5.74) is 0.435. The summed E-state index contributed by atoms with van der Waals surface area (Å²) in [4.78, 5) is 11.7. The zero-order valence-corrected chi connectivity index (χ0v) is 11.3. The van der Waals surface area contributed by atoms with Gasteiger partial charge >= 0.3 is 5.91 Å². The third kappa shape index (κ3) is 3.17. The Morgan fingerprint density at radius 2 is 2.27 bits per heavy atom. The minimum absolute atomic E-state index is 0.379. The van der Waals surface area contributed by atoms with Crippen molar-refractivity contribution in [3.8, 4) is 0 Å². The van der Waals surface area contributed by atoms with E-state index in [2.05, 4.69) is 20.3 Å². The standard InChI is InChI=1S/C9H13BrN2O2S/c1-4-15(3,14)11-9(13)8-5-7(10)6-12(8)2/h5-6H,4H2,1-3H3. The zero-order chi connectivity index (χ0) is 11.6. The molecule has 15 heavy (non-hydrogen) atoms. The Labute approximate surface area is 98.0 Å². The maximum Gasteiger partial charge on any atom is 0.301 e. The molecular formula is C9H13BrN2O2S. The second kappa shape index (κ2) is 4.49. The fourth-order valence-electron chi connectivity index (χ4n) is 1.02.